The Labute approximate surface area is 154 Å². The molecule has 0 bridgehead atoms. The first-order chi connectivity index (χ1) is 12.8. The topological polar surface area (TPSA) is 70.5 Å². The summed E-state index contributed by atoms with van der Waals surface area (Å²) in [6.07, 6.45) is -5.88. The van der Waals surface area contributed by atoms with Crippen LogP contribution in [-0.4, -0.2) is 0 Å². The SMILES string of the molecule is Nc1ccc(OC(Oc2ccc(N)cc2)c2ccccc2C(F)(F)F)cc1. The lowest BCUT2D eigenvalue weighted by molar-refractivity contribution is -0.140. The number of alkyl halides is 3. The van der Waals surface area contributed by atoms with Crippen LogP contribution in [0.4, 0.5) is 24.5 Å². The summed E-state index contributed by atoms with van der Waals surface area (Å²) in [5.74, 6) is 0.642. The van der Waals surface area contributed by atoms with Gasteiger partial charge in [0.1, 0.15) is 11.5 Å². The zero-order chi connectivity index (χ0) is 19.4. The molecule has 140 valence electrons. The predicted octanol–water partition coefficient (Wildman–Crippen LogP) is 5.03. The number of nitrogen functional groups attached to an aromatic ring is 2. The molecule has 0 spiro atoms. The second kappa shape index (κ2) is 7.49. The maximum Gasteiger partial charge on any atom is 0.416 e. The molecule has 3 aromatic rings. The van der Waals surface area contributed by atoms with Crippen LogP contribution in [0.25, 0.3) is 0 Å². The fourth-order valence-corrected chi connectivity index (χ4v) is 2.45. The maximum atomic E-state index is 13.4. The van der Waals surface area contributed by atoms with Crippen LogP contribution in [0.5, 0.6) is 11.5 Å². The van der Waals surface area contributed by atoms with E-state index in [9.17, 15) is 13.2 Å². The Balaban J connectivity index is 1.99. The van der Waals surface area contributed by atoms with Gasteiger partial charge in [-0.25, -0.2) is 0 Å². The molecular formula is C20H17F3N2O2. The van der Waals surface area contributed by atoms with E-state index in [2.05, 4.69) is 0 Å². The van der Waals surface area contributed by atoms with Crippen molar-refractivity contribution in [1.29, 1.82) is 0 Å². The third-order valence-electron chi connectivity index (χ3n) is 3.77. The molecule has 27 heavy (non-hydrogen) atoms. The van der Waals surface area contributed by atoms with Crippen molar-refractivity contribution in [3.63, 3.8) is 0 Å². The van der Waals surface area contributed by atoms with Crippen LogP contribution in [0.2, 0.25) is 0 Å². The summed E-state index contributed by atoms with van der Waals surface area (Å²) >= 11 is 0. The van der Waals surface area contributed by atoms with Crippen molar-refractivity contribution >= 4 is 11.4 Å². The van der Waals surface area contributed by atoms with Gasteiger partial charge in [0.25, 0.3) is 6.29 Å². The fraction of sp³-hybridized carbons (Fsp3) is 0.100. The number of halogens is 3. The monoisotopic (exact) mass is 374 g/mol. The first-order valence-electron chi connectivity index (χ1n) is 8.03. The van der Waals surface area contributed by atoms with E-state index in [1.807, 2.05) is 0 Å². The smallest absolute Gasteiger partial charge is 0.416 e. The lowest BCUT2D eigenvalue weighted by Crippen LogP contribution is -2.20. The van der Waals surface area contributed by atoms with E-state index < -0.39 is 18.0 Å². The van der Waals surface area contributed by atoms with Crippen LogP contribution in [0.1, 0.15) is 17.4 Å². The molecule has 0 heterocycles. The zero-order valence-electron chi connectivity index (χ0n) is 14.1. The maximum absolute atomic E-state index is 13.4. The van der Waals surface area contributed by atoms with Gasteiger partial charge in [0.15, 0.2) is 0 Å². The molecule has 0 aromatic heterocycles. The lowest BCUT2D eigenvalue weighted by Gasteiger charge is -2.24. The molecule has 4 nitrogen and oxygen atoms in total. The van der Waals surface area contributed by atoms with Crippen molar-refractivity contribution in [3.05, 3.63) is 83.9 Å². The molecule has 0 amide bonds. The van der Waals surface area contributed by atoms with Crippen molar-refractivity contribution in [2.45, 2.75) is 12.5 Å². The van der Waals surface area contributed by atoms with E-state index in [-0.39, 0.29) is 5.56 Å². The molecule has 0 aliphatic rings. The quantitative estimate of drug-likeness (QED) is 0.486. The summed E-state index contributed by atoms with van der Waals surface area (Å²) in [4.78, 5) is 0. The highest BCUT2D eigenvalue weighted by atomic mass is 19.4. The highest BCUT2D eigenvalue weighted by Crippen LogP contribution is 2.37. The molecular weight excluding hydrogens is 357 g/mol. The van der Waals surface area contributed by atoms with Gasteiger partial charge in [-0.15, -0.1) is 0 Å². The molecule has 0 radical (unpaired) electrons. The molecule has 4 N–H and O–H groups in total. The van der Waals surface area contributed by atoms with Crippen LogP contribution in [0, 0.1) is 0 Å². The minimum Gasteiger partial charge on any atom is -0.451 e. The Kier molecular flexibility index (Phi) is 5.12. The largest absolute Gasteiger partial charge is 0.451 e. The van der Waals surface area contributed by atoms with E-state index in [0.717, 1.165) is 6.07 Å². The van der Waals surface area contributed by atoms with E-state index in [1.54, 1.807) is 48.5 Å². The van der Waals surface area contributed by atoms with Crippen molar-refractivity contribution in [1.82, 2.24) is 0 Å². The minimum atomic E-state index is -4.55. The van der Waals surface area contributed by atoms with Gasteiger partial charge in [0.05, 0.1) is 5.56 Å². The Bertz CT molecular complexity index is 847. The number of rotatable bonds is 5. The Morgan fingerprint density at radius 2 is 1.11 bits per heavy atom. The molecule has 0 fully saturated rings. The van der Waals surface area contributed by atoms with E-state index in [1.165, 1.54) is 18.2 Å². The van der Waals surface area contributed by atoms with Crippen molar-refractivity contribution < 1.29 is 22.6 Å². The number of hydrogen-bond donors (Lipinski definition) is 2. The first kappa shape index (κ1) is 18.4. The van der Waals surface area contributed by atoms with Crippen LogP contribution < -0.4 is 20.9 Å². The van der Waals surface area contributed by atoms with Gasteiger partial charge in [-0.05, 0) is 54.6 Å². The average molecular weight is 374 g/mol. The summed E-state index contributed by atoms with van der Waals surface area (Å²) in [7, 11) is 0. The van der Waals surface area contributed by atoms with Crippen LogP contribution in [0.3, 0.4) is 0 Å². The molecule has 3 rings (SSSR count). The zero-order valence-corrected chi connectivity index (χ0v) is 14.1. The Morgan fingerprint density at radius 1 is 0.667 bits per heavy atom. The number of anilines is 2. The highest BCUT2D eigenvalue weighted by Gasteiger charge is 2.36. The summed E-state index contributed by atoms with van der Waals surface area (Å²) in [6, 6.07) is 17.7. The van der Waals surface area contributed by atoms with Gasteiger partial charge < -0.3 is 20.9 Å². The molecule has 0 aliphatic heterocycles. The molecule has 0 saturated carbocycles. The fourth-order valence-electron chi connectivity index (χ4n) is 2.45. The summed E-state index contributed by atoms with van der Waals surface area (Å²) in [5, 5.41) is 0. The molecule has 3 aromatic carbocycles. The van der Waals surface area contributed by atoms with Crippen LogP contribution in [0.15, 0.2) is 72.8 Å². The van der Waals surface area contributed by atoms with Gasteiger partial charge in [-0.3, -0.25) is 0 Å². The van der Waals surface area contributed by atoms with Crippen molar-refractivity contribution in [2.75, 3.05) is 11.5 Å². The van der Waals surface area contributed by atoms with Crippen molar-refractivity contribution in [2.24, 2.45) is 0 Å². The number of ether oxygens (including phenoxy) is 2. The minimum absolute atomic E-state index is 0.140. The van der Waals surface area contributed by atoms with Gasteiger partial charge >= 0.3 is 6.18 Å². The summed E-state index contributed by atoms with van der Waals surface area (Å²) in [6.45, 7) is 0. The second-order valence-corrected chi connectivity index (χ2v) is 5.79. The van der Waals surface area contributed by atoms with Gasteiger partial charge in [0.2, 0.25) is 0 Å². The second-order valence-electron chi connectivity index (χ2n) is 5.79. The first-order valence-corrected chi connectivity index (χ1v) is 8.03. The lowest BCUT2D eigenvalue weighted by atomic mass is 10.1. The summed E-state index contributed by atoms with van der Waals surface area (Å²) < 4.78 is 51.8. The molecule has 0 unspecified atom stereocenters. The van der Waals surface area contributed by atoms with E-state index >= 15 is 0 Å². The number of hydrogen-bond acceptors (Lipinski definition) is 4. The Morgan fingerprint density at radius 3 is 1.56 bits per heavy atom. The third-order valence-corrected chi connectivity index (χ3v) is 3.77. The van der Waals surface area contributed by atoms with Gasteiger partial charge in [-0.2, -0.15) is 13.2 Å². The third kappa shape index (κ3) is 4.63. The average Bonchev–Trinajstić information content (AvgIpc) is 2.64. The molecule has 0 aliphatic carbocycles. The van der Waals surface area contributed by atoms with Crippen molar-refractivity contribution in [3.8, 4) is 11.5 Å². The standard InChI is InChI=1S/C20H17F3N2O2/c21-20(22,23)18-4-2-1-3-17(18)19(26-15-9-5-13(24)6-10-15)27-16-11-7-14(25)8-12-16/h1-12,19H,24-25H2. The van der Waals surface area contributed by atoms with E-state index in [4.69, 9.17) is 20.9 Å². The number of benzene rings is 3. The Hall–Kier alpha value is -3.35. The molecule has 7 heteroatoms. The number of nitrogens with two attached hydrogens (primary N) is 2. The molecule has 0 saturated heterocycles. The van der Waals surface area contributed by atoms with Crippen LogP contribution in [-0.2, 0) is 6.18 Å². The highest BCUT2D eigenvalue weighted by molar-refractivity contribution is 5.43. The predicted molar refractivity (Wildman–Crippen MR) is 97.1 cm³/mol. The summed E-state index contributed by atoms with van der Waals surface area (Å²) in [5.41, 5.74) is 11.3. The van der Waals surface area contributed by atoms with Gasteiger partial charge in [0, 0.05) is 16.9 Å². The van der Waals surface area contributed by atoms with Gasteiger partial charge in [-0.1, -0.05) is 18.2 Å². The normalized spacial score (nSPS) is 11.4. The molecule has 0 atom stereocenters. The van der Waals surface area contributed by atoms with Crippen LogP contribution >= 0.6 is 0 Å². The van der Waals surface area contributed by atoms with E-state index in [0.29, 0.717) is 22.9 Å².